The maximum absolute atomic E-state index is 6.09. The number of rotatable bonds is 5. The minimum Gasteiger partial charge on any atom is -0.377 e. The zero-order valence-electron chi connectivity index (χ0n) is 17.8. The Labute approximate surface area is 195 Å². The first-order chi connectivity index (χ1) is 13.5. The van der Waals surface area contributed by atoms with Crippen LogP contribution in [-0.4, -0.2) is 37.2 Å². The van der Waals surface area contributed by atoms with E-state index in [1.807, 2.05) is 25.2 Å². The Morgan fingerprint density at radius 1 is 1.24 bits per heavy atom. The molecule has 0 bridgehead atoms. The number of nitrogens with one attached hydrogen (secondary N) is 2. The van der Waals surface area contributed by atoms with Crippen LogP contribution < -0.4 is 10.6 Å². The van der Waals surface area contributed by atoms with Crippen LogP contribution in [0.25, 0.3) is 11.3 Å². The summed E-state index contributed by atoms with van der Waals surface area (Å²) < 4.78 is 6.09. The van der Waals surface area contributed by atoms with Gasteiger partial charge < -0.3 is 15.4 Å². The number of hydrogen-bond acceptors (Lipinski definition) is 4. The van der Waals surface area contributed by atoms with Crippen molar-refractivity contribution in [2.24, 2.45) is 16.3 Å². The van der Waals surface area contributed by atoms with Crippen LogP contribution in [0.4, 0.5) is 0 Å². The molecule has 1 aromatic heterocycles. The molecule has 3 rings (SSSR count). The molecule has 160 valence electrons. The molecule has 7 heteroatoms. The highest BCUT2D eigenvalue weighted by atomic mass is 127. The fraction of sp³-hybridized carbons (Fsp3) is 0.545. The van der Waals surface area contributed by atoms with Gasteiger partial charge in [-0.15, -0.1) is 35.3 Å². The van der Waals surface area contributed by atoms with Crippen molar-refractivity contribution in [3.05, 3.63) is 40.7 Å². The second kappa shape index (κ2) is 11.3. The average Bonchev–Trinajstić information content (AvgIpc) is 3.17. The second-order valence-corrected chi connectivity index (χ2v) is 9.30. The molecule has 1 fully saturated rings. The Morgan fingerprint density at radius 3 is 2.69 bits per heavy atom. The van der Waals surface area contributed by atoms with E-state index in [4.69, 9.17) is 9.72 Å². The van der Waals surface area contributed by atoms with Crippen molar-refractivity contribution < 1.29 is 4.74 Å². The van der Waals surface area contributed by atoms with Gasteiger partial charge in [-0.1, -0.05) is 51.1 Å². The van der Waals surface area contributed by atoms with Crippen molar-refractivity contribution in [1.29, 1.82) is 0 Å². The number of nitrogens with zero attached hydrogens (tertiary/aromatic N) is 2. The number of thiazole rings is 1. The van der Waals surface area contributed by atoms with Crippen molar-refractivity contribution in [2.45, 2.75) is 46.3 Å². The van der Waals surface area contributed by atoms with Gasteiger partial charge in [-0.25, -0.2) is 4.98 Å². The number of aromatic nitrogens is 1. The molecule has 1 aliphatic heterocycles. The molecular formula is C22H33IN4OS. The van der Waals surface area contributed by atoms with Crippen LogP contribution in [0.2, 0.25) is 0 Å². The Balaban J connectivity index is 0.00000300. The van der Waals surface area contributed by atoms with E-state index in [2.05, 4.69) is 53.9 Å². The number of aliphatic imine (C=N–C) groups is 1. The van der Waals surface area contributed by atoms with E-state index in [9.17, 15) is 0 Å². The normalized spacial score (nSPS) is 20.1. The molecular weight excluding hydrogens is 495 g/mol. The SMILES string of the molecule is CN=C(NCc1nc(-c2ccccc2)cs1)NCC1CCCOC1C(C)(C)C.I. The Bertz CT molecular complexity index is 773. The van der Waals surface area contributed by atoms with Crippen molar-refractivity contribution in [1.82, 2.24) is 15.6 Å². The molecule has 1 aliphatic rings. The van der Waals surface area contributed by atoms with Gasteiger partial charge in [0, 0.05) is 37.1 Å². The van der Waals surface area contributed by atoms with Gasteiger partial charge in [-0.2, -0.15) is 0 Å². The lowest BCUT2D eigenvalue weighted by atomic mass is 9.78. The van der Waals surface area contributed by atoms with Crippen LogP contribution in [0.3, 0.4) is 0 Å². The summed E-state index contributed by atoms with van der Waals surface area (Å²) in [5, 5.41) is 10.0. The highest BCUT2D eigenvalue weighted by Crippen LogP contribution is 2.33. The summed E-state index contributed by atoms with van der Waals surface area (Å²) in [5.74, 6) is 1.31. The molecule has 1 saturated heterocycles. The zero-order valence-corrected chi connectivity index (χ0v) is 20.9. The maximum Gasteiger partial charge on any atom is 0.191 e. The molecule has 2 aromatic rings. The Kier molecular flexibility index (Phi) is 9.36. The third-order valence-electron chi connectivity index (χ3n) is 5.08. The maximum atomic E-state index is 6.09. The third kappa shape index (κ3) is 6.93. The van der Waals surface area contributed by atoms with E-state index in [0.717, 1.165) is 41.8 Å². The van der Waals surface area contributed by atoms with Gasteiger partial charge in [0.25, 0.3) is 0 Å². The van der Waals surface area contributed by atoms with E-state index in [1.54, 1.807) is 11.3 Å². The first kappa shape index (κ1) is 24.1. The van der Waals surface area contributed by atoms with Gasteiger partial charge in [0.1, 0.15) is 5.01 Å². The molecule has 2 atom stereocenters. The van der Waals surface area contributed by atoms with Crippen LogP contribution in [0.5, 0.6) is 0 Å². The second-order valence-electron chi connectivity index (χ2n) is 8.36. The lowest BCUT2D eigenvalue weighted by Gasteiger charge is -2.40. The van der Waals surface area contributed by atoms with Gasteiger partial charge in [0.2, 0.25) is 0 Å². The smallest absolute Gasteiger partial charge is 0.191 e. The Hall–Kier alpha value is -1.19. The molecule has 2 heterocycles. The topological polar surface area (TPSA) is 58.5 Å². The van der Waals surface area contributed by atoms with Gasteiger partial charge in [-0.3, -0.25) is 4.99 Å². The summed E-state index contributed by atoms with van der Waals surface area (Å²) in [6.45, 7) is 9.19. The monoisotopic (exact) mass is 528 g/mol. The lowest BCUT2D eigenvalue weighted by molar-refractivity contribution is -0.0835. The van der Waals surface area contributed by atoms with Crippen LogP contribution >= 0.6 is 35.3 Å². The van der Waals surface area contributed by atoms with E-state index in [1.165, 1.54) is 6.42 Å². The first-order valence-electron chi connectivity index (χ1n) is 10.0. The molecule has 2 unspecified atom stereocenters. The minimum atomic E-state index is 0. The fourth-order valence-corrected chi connectivity index (χ4v) is 4.49. The van der Waals surface area contributed by atoms with Gasteiger partial charge >= 0.3 is 0 Å². The molecule has 29 heavy (non-hydrogen) atoms. The molecule has 0 amide bonds. The van der Waals surface area contributed by atoms with E-state index in [0.29, 0.717) is 12.5 Å². The van der Waals surface area contributed by atoms with E-state index in [-0.39, 0.29) is 35.5 Å². The fourth-order valence-electron chi connectivity index (χ4n) is 3.75. The molecule has 1 aromatic carbocycles. The van der Waals surface area contributed by atoms with Gasteiger partial charge in [-0.05, 0) is 18.3 Å². The minimum absolute atomic E-state index is 0. The molecule has 0 aliphatic carbocycles. The molecule has 2 N–H and O–H groups in total. The lowest BCUT2D eigenvalue weighted by Crippen LogP contribution is -2.47. The van der Waals surface area contributed by atoms with Crippen molar-refractivity contribution >= 4 is 41.3 Å². The molecule has 0 radical (unpaired) electrons. The number of ether oxygens (including phenoxy) is 1. The summed E-state index contributed by atoms with van der Waals surface area (Å²) in [7, 11) is 1.81. The molecule has 0 spiro atoms. The van der Waals surface area contributed by atoms with E-state index < -0.39 is 0 Å². The number of hydrogen-bond donors (Lipinski definition) is 2. The van der Waals surface area contributed by atoms with Gasteiger partial charge in [0.05, 0.1) is 18.3 Å². The van der Waals surface area contributed by atoms with Crippen molar-refractivity contribution in [3.8, 4) is 11.3 Å². The highest BCUT2D eigenvalue weighted by molar-refractivity contribution is 14.0. The summed E-state index contributed by atoms with van der Waals surface area (Å²) in [6, 6.07) is 10.3. The largest absolute Gasteiger partial charge is 0.377 e. The quantitative estimate of drug-likeness (QED) is 0.328. The zero-order chi connectivity index (χ0) is 20.0. The highest BCUT2D eigenvalue weighted by Gasteiger charge is 2.35. The summed E-state index contributed by atoms with van der Waals surface area (Å²) in [5.41, 5.74) is 2.33. The van der Waals surface area contributed by atoms with Crippen LogP contribution in [-0.2, 0) is 11.3 Å². The summed E-state index contributed by atoms with van der Waals surface area (Å²) in [4.78, 5) is 9.10. The van der Waals surface area contributed by atoms with Crippen molar-refractivity contribution in [3.63, 3.8) is 0 Å². The predicted octanol–water partition coefficient (Wildman–Crippen LogP) is 4.93. The number of benzene rings is 1. The van der Waals surface area contributed by atoms with Crippen LogP contribution in [0, 0.1) is 11.3 Å². The Morgan fingerprint density at radius 2 is 2.00 bits per heavy atom. The average molecular weight is 529 g/mol. The summed E-state index contributed by atoms with van der Waals surface area (Å²) in [6.07, 6.45) is 2.60. The molecule has 5 nitrogen and oxygen atoms in total. The predicted molar refractivity (Wildman–Crippen MR) is 133 cm³/mol. The van der Waals surface area contributed by atoms with Gasteiger partial charge in [0.15, 0.2) is 5.96 Å². The van der Waals surface area contributed by atoms with Crippen LogP contribution in [0.1, 0.15) is 38.6 Å². The van der Waals surface area contributed by atoms with Crippen molar-refractivity contribution in [2.75, 3.05) is 20.2 Å². The number of guanidine groups is 1. The standard InChI is InChI=1S/C22H32N4OS.HI/c1-22(2,3)20-17(11-8-12-27-20)13-24-21(23-4)25-14-19-26-18(15-28-19)16-9-6-5-7-10-16;/h5-7,9-10,15,17,20H,8,11-14H2,1-4H3,(H2,23,24,25);1H. The van der Waals surface area contributed by atoms with E-state index >= 15 is 0 Å². The number of halogens is 1. The van der Waals surface area contributed by atoms with Crippen LogP contribution in [0.15, 0.2) is 40.7 Å². The molecule has 0 saturated carbocycles. The third-order valence-corrected chi connectivity index (χ3v) is 5.93. The first-order valence-corrected chi connectivity index (χ1v) is 10.9. The summed E-state index contributed by atoms with van der Waals surface area (Å²) >= 11 is 1.67.